The van der Waals surface area contributed by atoms with Crippen LogP contribution in [0.4, 0.5) is 17.3 Å². The van der Waals surface area contributed by atoms with E-state index in [2.05, 4.69) is 9.97 Å². The highest BCUT2D eigenvalue weighted by molar-refractivity contribution is 5.75. The van der Waals surface area contributed by atoms with E-state index in [0.717, 1.165) is 0 Å². The van der Waals surface area contributed by atoms with Crippen molar-refractivity contribution in [1.82, 2.24) is 9.97 Å². The van der Waals surface area contributed by atoms with Crippen molar-refractivity contribution in [2.24, 2.45) is 11.8 Å². The molecule has 1 aromatic rings. The van der Waals surface area contributed by atoms with Crippen LogP contribution in [0.1, 0.15) is 25.7 Å². The number of esters is 1. The summed E-state index contributed by atoms with van der Waals surface area (Å²) in [7, 11) is 1.35. The Balaban J connectivity index is 1.80. The van der Waals surface area contributed by atoms with Gasteiger partial charge in [0.1, 0.15) is 6.33 Å². The summed E-state index contributed by atoms with van der Waals surface area (Å²) in [4.78, 5) is 46.0. The van der Waals surface area contributed by atoms with Crippen LogP contribution < -0.4 is 9.80 Å². The van der Waals surface area contributed by atoms with Gasteiger partial charge in [0.05, 0.1) is 23.9 Å². The number of ether oxygens (including phenoxy) is 1. The van der Waals surface area contributed by atoms with Crippen LogP contribution in [-0.4, -0.2) is 65.2 Å². The summed E-state index contributed by atoms with van der Waals surface area (Å²) in [6, 6.07) is 0. The molecule has 0 aromatic carbocycles. The smallest absolute Gasteiger partial charge is 0.353 e. The van der Waals surface area contributed by atoms with Crippen molar-refractivity contribution in [3.63, 3.8) is 0 Å². The van der Waals surface area contributed by atoms with E-state index in [1.807, 2.05) is 0 Å². The van der Waals surface area contributed by atoms with Crippen molar-refractivity contribution in [3.8, 4) is 0 Å². The lowest BCUT2D eigenvalue weighted by Gasteiger charge is -2.33. The number of rotatable bonds is 5. The Kier molecular flexibility index (Phi) is 5.90. The second kappa shape index (κ2) is 8.36. The highest BCUT2D eigenvalue weighted by Crippen LogP contribution is 2.37. The number of aromatic nitrogens is 2. The Morgan fingerprint density at radius 3 is 1.93 bits per heavy atom. The van der Waals surface area contributed by atoms with E-state index < -0.39 is 16.8 Å². The first-order valence-electron chi connectivity index (χ1n) is 9.22. The van der Waals surface area contributed by atoms with Gasteiger partial charge in [0.25, 0.3) is 0 Å². The van der Waals surface area contributed by atoms with Gasteiger partial charge < -0.3 is 19.6 Å². The maximum absolute atomic E-state index is 11.8. The van der Waals surface area contributed by atoms with E-state index in [0.29, 0.717) is 51.9 Å². The third-order valence-corrected chi connectivity index (χ3v) is 5.44. The van der Waals surface area contributed by atoms with Gasteiger partial charge in [0.15, 0.2) is 0 Å². The summed E-state index contributed by atoms with van der Waals surface area (Å²) in [6.45, 7) is 1.69. The van der Waals surface area contributed by atoms with E-state index in [1.54, 1.807) is 9.80 Å². The predicted octanol–water partition coefficient (Wildman–Crippen LogP) is 1.08. The fraction of sp³-hybridized carbons (Fsp3) is 0.647. The van der Waals surface area contributed by atoms with Crippen LogP contribution in [0.3, 0.4) is 0 Å². The van der Waals surface area contributed by atoms with Gasteiger partial charge in [0.2, 0.25) is 11.6 Å². The van der Waals surface area contributed by atoms with Gasteiger partial charge in [-0.25, -0.2) is 9.97 Å². The standard InChI is InChI=1S/C17H23N5O6/c1-28-17(25)12-4-8-21(9-5-12)15-13(22(26)27)14(18-10-19-15)20-6-2-11(3-7-20)16(23)24/h10-12H,2-9H2,1H3,(H,23,24). The molecule has 2 aliphatic rings. The summed E-state index contributed by atoms with van der Waals surface area (Å²) in [5.74, 6) is -1.30. The van der Waals surface area contributed by atoms with Gasteiger partial charge in [-0.2, -0.15) is 0 Å². The predicted molar refractivity (Wildman–Crippen MR) is 98.2 cm³/mol. The lowest BCUT2D eigenvalue weighted by atomic mass is 9.96. The van der Waals surface area contributed by atoms with Crippen molar-refractivity contribution < 1.29 is 24.4 Å². The van der Waals surface area contributed by atoms with Crippen LogP contribution in [0.25, 0.3) is 0 Å². The minimum absolute atomic E-state index is 0.173. The fourth-order valence-corrected chi connectivity index (χ4v) is 3.82. The summed E-state index contributed by atoms with van der Waals surface area (Å²) in [6.07, 6.45) is 3.19. The number of hydrogen-bond acceptors (Lipinski definition) is 9. The van der Waals surface area contributed by atoms with E-state index in [1.165, 1.54) is 13.4 Å². The monoisotopic (exact) mass is 393 g/mol. The molecule has 0 spiro atoms. The molecule has 1 aromatic heterocycles. The van der Waals surface area contributed by atoms with Gasteiger partial charge in [-0.15, -0.1) is 0 Å². The molecule has 0 aliphatic carbocycles. The zero-order chi connectivity index (χ0) is 20.3. The Morgan fingerprint density at radius 1 is 1.07 bits per heavy atom. The molecule has 2 aliphatic heterocycles. The summed E-state index contributed by atoms with van der Waals surface area (Å²) < 4.78 is 4.78. The normalized spacial score (nSPS) is 18.8. The molecule has 0 bridgehead atoms. The van der Waals surface area contributed by atoms with Gasteiger partial charge in [-0.1, -0.05) is 0 Å². The lowest BCUT2D eigenvalue weighted by Crippen LogP contribution is -2.39. The molecule has 28 heavy (non-hydrogen) atoms. The summed E-state index contributed by atoms with van der Waals surface area (Å²) >= 11 is 0. The number of aliphatic carboxylic acids is 1. The van der Waals surface area contributed by atoms with Crippen LogP contribution in [0.2, 0.25) is 0 Å². The first-order chi connectivity index (χ1) is 13.4. The number of carbonyl (C=O) groups is 2. The molecular weight excluding hydrogens is 370 g/mol. The highest BCUT2D eigenvalue weighted by Gasteiger charge is 2.35. The SMILES string of the molecule is COC(=O)C1CCN(c2ncnc(N3CCC(C(=O)O)CC3)c2[N+](=O)[O-])CC1. The van der Waals surface area contributed by atoms with Crippen molar-refractivity contribution in [1.29, 1.82) is 0 Å². The number of methoxy groups -OCH3 is 1. The Hall–Kier alpha value is -2.98. The number of piperidine rings is 2. The average Bonchev–Trinajstić information content (AvgIpc) is 2.72. The quantitative estimate of drug-likeness (QED) is 0.439. The molecule has 0 atom stereocenters. The number of carboxylic acid groups (broad SMARTS) is 1. The van der Waals surface area contributed by atoms with Crippen LogP contribution in [0.5, 0.6) is 0 Å². The minimum atomic E-state index is -0.842. The molecule has 0 unspecified atom stereocenters. The van der Waals surface area contributed by atoms with Crippen molar-refractivity contribution in [3.05, 3.63) is 16.4 Å². The molecule has 11 heteroatoms. The Bertz CT molecular complexity index is 756. The number of nitro groups is 1. The zero-order valence-corrected chi connectivity index (χ0v) is 15.6. The van der Waals surface area contributed by atoms with Gasteiger partial charge in [-0.3, -0.25) is 19.7 Å². The van der Waals surface area contributed by atoms with Gasteiger partial charge in [0, 0.05) is 26.2 Å². The largest absolute Gasteiger partial charge is 0.481 e. The number of anilines is 2. The lowest BCUT2D eigenvalue weighted by molar-refractivity contribution is -0.383. The van der Waals surface area contributed by atoms with Gasteiger partial charge >= 0.3 is 17.6 Å². The topological polar surface area (TPSA) is 139 Å². The average molecular weight is 393 g/mol. The van der Waals surface area contributed by atoms with Crippen LogP contribution in [-0.2, 0) is 14.3 Å². The fourth-order valence-electron chi connectivity index (χ4n) is 3.82. The Morgan fingerprint density at radius 2 is 1.54 bits per heavy atom. The van der Waals surface area contributed by atoms with Gasteiger partial charge in [-0.05, 0) is 25.7 Å². The molecular formula is C17H23N5O6. The van der Waals surface area contributed by atoms with Crippen molar-refractivity contribution in [2.75, 3.05) is 43.1 Å². The number of nitrogens with zero attached hydrogens (tertiary/aromatic N) is 5. The third-order valence-electron chi connectivity index (χ3n) is 5.44. The maximum Gasteiger partial charge on any atom is 0.353 e. The number of hydrogen-bond donors (Lipinski definition) is 1. The van der Waals surface area contributed by atoms with E-state index in [4.69, 9.17) is 9.84 Å². The molecule has 0 amide bonds. The molecule has 0 saturated carbocycles. The summed E-state index contributed by atoms with van der Waals surface area (Å²) in [5.41, 5.74) is -0.173. The molecule has 3 heterocycles. The molecule has 0 radical (unpaired) electrons. The third kappa shape index (κ3) is 3.97. The maximum atomic E-state index is 11.8. The second-order valence-electron chi connectivity index (χ2n) is 7.01. The Labute approximate surface area is 161 Å². The van der Waals surface area contributed by atoms with Crippen molar-refractivity contribution in [2.45, 2.75) is 25.7 Å². The zero-order valence-electron chi connectivity index (χ0n) is 15.6. The first-order valence-corrected chi connectivity index (χ1v) is 9.22. The molecule has 2 saturated heterocycles. The number of carboxylic acids is 1. The summed E-state index contributed by atoms with van der Waals surface area (Å²) in [5, 5.41) is 21.0. The molecule has 2 fully saturated rings. The van der Waals surface area contributed by atoms with Crippen LogP contribution in [0.15, 0.2) is 6.33 Å². The second-order valence-corrected chi connectivity index (χ2v) is 7.01. The van der Waals surface area contributed by atoms with Crippen LogP contribution >= 0.6 is 0 Å². The molecule has 11 nitrogen and oxygen atoms in total. The minimum Gasteiger partial charge on any atom is -0.481 e. The van der Waals surface area contributed by atoms with E-state index >= 15 is 0 Å². The van der Waals surface area contributed by atoms with Crippen LogP contribution in [0, 0.1) is 22.0 Å². The van der Waals surface area contributed by atoms with E-state index in [-0.39, 0.29) is 29.2 Å². The molecule has 1 N–H and O–H groups in total. The molecule has 152 valence electrons. The number of carbonyl (C=O) groups excluding carboxylic acids is 1. The highest BCUT2D eigenvalue weighted by atomic mass is 16.6. The molecule has 3 rings (SSSR count). The van der Waals surface area contributed by atoms with Crippen molar-refractivity contribution >= 4 is 29.3 Å². The van der Waals surface area contributed by atoms with E-state index in [9.17, 15) is 19.7 Å². The first kappa shape index (κ1) is 19.8.